The highest BCUT2D eigenvalue weighted by atomic mass is 16.4. The van der Waals surface area contributed by atoms with E-state index in [0.29, 0.717) is 5.69 Å². The van der Waals surface area contributed by atoms with Gasteiger partial charge in [-0.25, -0.2) is 19.6 Å². The lowest BCUT2D eigenvalue weighted by molar-refractivity contribution is -0.139. The summed E-state index contributed by atoms with van der Waals surface area (Å²) in [6, 6.07) is -1.93. The Bertz CT molecular complexity index is 464. The summed E-state index contributed by atoms with van der Waals surface area (Å²) in [4.78, 5) is 40.3. The van der Waals surface area contributed by atoms with Crippen molar-refractivity contribution in [3.63, 3.8) is 0 Å². The third kappa shape index (κ3) is 5.44. The number of nitrogens with two attached hydrogens (primary N) is 1. The van der Waals surface area contributed by atoms with E-state index in [1.807, 2.05) is 0 Å². The number of amides is 3. The Morgan fingerprint density at radius 3 is 2.47 bits per heavy atom. The number of nitrogens with one attached hydrogen (secondary N) is 2. The fourth-order valence-corrected chi connectivity index (χ4v) is 1.23. The molecule has 1 aromatic rings. The predicted octanol–water partition coefficient (Wildman–Crippen LogP) is -0.683. The average Bonchev–Trinajstić information content (AvgIpc) is 2.35. The quantitative estimate of drug-likeness (QED) is 0.536. The number of hydrogen-bond donors (Lipinski definition) is 4. The maximum absolute atomic E-state index is 11.5. The summed E-state index contributed by atoms with van der Waals surface area (Å²) in [6.45, 7) is 0. The number of aliphatic carboxylic acids is 1. The highest BCUT2D eigenvalue weighted by Gasteiger charge is 2.20. The van der Waals surface area contributed by atoms with Gasteiger partial charge in [0.05, 0.1) is 18.1 Å². The van der Waals surface area contributed by atoms with Crippen molar-refractivity contribution in [1.82, 2.24) is 15.3 Å². The summed E-state index contributed by atoms with van der Waals surface area (Å²) < 4.78 is 0. The van der Waals surface area contributed by atoms with Crippen LogP contribution >= 0.6 is 0 Å². The number of hydrogen-bond acceptors (Lipinski definition) is 5. The third-order valence-electron chi connectivity index (χ3n) is 2.10. The summed E-state index contributed by atoms with van der Waals surface area (Å²) in [7, 11) is 0. The molecule has 0 bridgehead atoms. The lowest BCUT2D eigenvalue weighted by Gasteiger charge is -2.14. The van der Waals surface area contributed by atoms with Crippen LogP contribution < -0.4 is 16.4 Å². The molecule has 0 spiro atoms. The fraction of sp³-hybridized carbons (Fsp3) is 0.300. The van der Waals surface area contributed by atoms with Crippen LogP contribution in [0.25, 0.3) is 0 Å². The molecule has 9 nitrogen and oxygen atoms in total. The van der Waals surface area contributed by atoms with E-state index in [9.17, 15) is 14.4 Å². The molecule has 1 aromatic heterocycles. The normalized spacial score (nSPS) is 11.4. The molecule has 0 radical (unpaired) electrons. The number of anilines is 1. The average molecular weight is 267 g/mol. The van der Waals surface area contributed by atoms with Crippen molar-refractivity contribution in [2.45, 2.75) is 18.9 Å². The fourth-order valence-electron chi connectivity index (χ4n) is 1.23. The van der Waals surface area contributed by atoms with Crippen LogP contribution in [0.1, 0.15) is 12.8 Å². The molecule has 1 atom stereocenters. The van der Waals surface area contributed by atoms with Crippen LogP contribution in [-0.4, -0.2) is 39.0 Å². The molecule has 1 heterocycles. The Labute approximate surface area is 108 Å². The maximum Gasteiger partial charge on any atom is 0.326 e. The van der Waals surface area contributed by atoms with Crippen molar-refractivity contribution in [2.24, 2.45) is 5.73 Å². The first-order valence-electron chi connectivity index (χ1n) is 5.32. The van der Waals surface area contributed by atoms with Crippen LogP contribution in [0.4, 0.5) is 10.5 Å². The third-order valence-corrected chi connectivity index (χ3v) is 2.10. The van der Waals surface area contributed by atoms with Crippen molar-refractivity contribution >= 4 is 23.6 Å². The number of carbonyl (C=O) groups excluding carboxylic acids is 2. The number of urea groups is 1. The van der Waals surface area contributed by atoms with Gasteiger partial charge in [0.15, 0.2) is 0 Å². The zero-order valence-electron chi connectivity index (χ0n) is 9.87. The smallest absolute Gasteiger partial charge is 0.326 e. The van der Waals surface area contributed by atoms with Crippen LogP contribution in [0.2, 0.25) is 0 Å². The Kier molecular flexibility index (Phi) is 5.20. The van der Waals surface area contributed by atoms with E-state index in [2.05, 4.69) is 20.6 Å². The monoisotopic (exact) mass is 267 g/mol. The van der Waals surface area contributed by atoms with Gasteiger partial charge >= 0.3 is 12.0 Å². The number of nitrogens with zero attached hydrogens (tertiary/aromatic N) is 2. The van der Waals surface area contributed by atoms with Gasteiger partial charge in [-0.1, -0.05) is 0 Å². The van der Waals surface area contributed by atoms with Gasteiger partial charge in [0.2, 0.25) is 5.91 Å². The van der Waals surface area contributed by atoms with Crippen molar-refractivity contribution in [2.75, 3.05) is 5.32 Å². The Morgan fingerprint density at radius 1 is 1.32 bits per heavy atom. The molecular weight excluding hydrogens is 254 g/mol. The molecule has 0 saturated heterocycles. The zero-order valence-corrected chi connectivity index (χ0v) is 9.87. The predicted molar refractivity (Wildman–Crippen MR) is 64.0 cm³/mol. The summed E-state index contributed by atoms with van der Waals surface area (Å²) in [5.41, 5.74) is 5.24. The molecule has 1 rings (SSSR count). The summed E-state index contributed by atoms with van der Waals surface area (Å²) in [5, 5.41) is 13.4. The van der Waals surface area contributed by atoms with Crippen molar-refractivity contribution < 1.29 is 19.5 Å². The van der Waals surface area contributed by atoms with E-state index in [1.54, 1.807) is 0 Å². The number of aromatic nitrogens is 2. The minimum Gasteiger partial charge on any atom is -0.480 e. The second-order valence-corrected chi connectivity index (χ2v) is 3.62. The lowest BCUT2D eigenvalue weighted by Crippen LogP contribution is -2.43. The van der Waals surface area contributed by atoms with Crippen LogP contribution in [0, 0.1) is 0 Å². The first-order chi connectivity index (χ1) is 8.99. The van der Waals surface area contributed by atoms with Crippen LogP contribution in [0.3, 0.4) is 0 Å². The lowest BCUT2D eigenvalue weighted by atomic mass is 10.1. The second-order valence-electron chi connectivity index (χ2n) is 3.62. The van der Waals surface area contributed by atoms with E-state index < -0.39 is 23.9 Å². The summed E-state index contributed by atoms with van der Waals surface area (Å²) in [6.07, 6.45) is 3.78. The molecule has 0 saturated carbocycles. The number of carbonyl (C=O) groups is 3. The standard InChI is InChI=1S/C10H13N5O4/c11-8(16)2-1-7(9(17)18)15-10(19)14-6-3-12-5-13-4-6/h3-5,7H,1-2H2,(H2,11,16)(H,17,18)(H2,14,15,19). The highest BCUT2D eigenvalue weighted by Crippen LogP contribution is 2.02. The topological polar surface area (TPSA) is 147 Å². The van der Waals surface area contributed by atoms with Gasteiger partial charge in [0.1, 0.15) is 12.4 Å². The van der Waals surface area contributed by atoms with Gasteiger partial charge in [-0.15, -0.1) is 0 Å². The summed E-state index contributed by atoms with van der Waals surface area (Å²) in [5.74, 6) is -1.88. The number of primary amides is 1. The Morgan fingerprint density at radius 2 is 1.95 bits per heavy atom. The number of carboxylic acids is 1. The largest absolute Gasteiger partial charge is 0.480 e. The molecule has 0 aliphatic carbocycles. The molecule has 0 aromatic carbocycles. The van der Waals surface area contributed by atoms with Crippen molar-refractivity contribution in [1.29, 1.82) is 0 Å². The molecule has 9 heteroatoms. The van der Waals surface area contributed by atoms with Gasteiger partial charge in [-0.05, 0) is 6.42 Å². The van der Waals surface area contributed by atoms with Gasteiger partial charge in [-0.3, -0.25) is 4.79 Å². The SMILES string of the molecule is NC(=O)CCC(NC(=O)Nc1cncnc1)C(=O)O. The summed E-state index contributed by atoms with van der Waals surface area (Å²) >= 11 is 0. The minimum atomic E-state index is -1.25. The van der Waals surface area contributed by atoms with E-state index in [1.165, 1.54) is 18.7 Å². The molecule has 0 aliphatic rings. The minimum absolute atomic E-state index is 0.0800. The number of rotatable bonds is 6. The van der Waals surface area contributed by atoms with Crippen LogP contribution in [-0.2, 0) is 9.59 Å². The second kappa shape index (κ2) is 6.89. The highest BCUT2D eigenvalue weighted by molar-refractivity contribution is 5.92. The maximum atomic E-state index is 11.5. The van der Waals surface area contributed by atoms with E-state index >= 15 is 0 Å². The van der Waals surface area contributed by atoms with Gasteiger partial charge in [-0.2, -0.15) is 0 Å². The first kappa shape index (κ1) is 14.4. The van der Waals surface area contributed by atoms with Crippen molar-refractivity contribution in [3.05, 3.63) is 18.7 Å². The van der Waals surface area contributed by atoms with E-state index in [-0.39, 0.29) is 12.8 Å². The van der Waals surface area contributed by atoms with E-state index in [0.717, 1.165) is 0 Å². The van der Waals surface area contributed by atoms with Crippen LogP contribution in [0.15, 0.2) is 18.7 Å². The molecule has 19 heavy (non-hydrogen) atoms. The van der Waals surface area contributed by atoms with Gasteiger partial charge in [0, 0.05) is 6.42 Å². The van der Waals surface area contributed by atoms with Gasteiger partial charge in [0.25, 0.3) is 0 Å². The number of carboxylic acid groups (broad SMARTS) is 1. The Hall–Kier alpha value is -2.71. The molecular formula is C10H13N5O4. The molecule has 0 aliphatic heterocycles. The molecule has 102 valence electrons. The molecule has 5 N–H and O–H groups in total. The van der Waals surface area contributed by atoms with E-state index in [4.69, 9.17) is 10.8 Å². The first-order valence-corrected chi connectivity index (χ1v) is 5.32. The van der Waals surface area contributed by atoms with Crippen LogP contribution in [0.5, 0.6) is 0 Å². The Balaban J connectivity index is 2.52. The molecule has 0 fully saturated rings. The molecule has 1 unspecified atom stereocenters. The zero-order chi connectivity index (χ0) is 14.3. The van der Waals surface area contributed by atoms with Gasteiger partial charge < -0.3 is 21.5 Å². The molecule has 3 amide bonds. The van der Waals surface area contributed by atoms with Crippen molar-refractivity contribution in [3.8, 4) is 0 Å².